The molecule has 1 heterocycles. The molecule has 1 saturated carbocycles. The van der Waals surface area contributed by atoms with Gasteiger partial charge in [-0.05, 0) is 19.4 Å². The highest BCUT2D eigenvalue weighted by atomic mass is 16.1. The number of aromatic nitrogens is 2. The van der Waals surface area contributed by atoms with Gasteiger partial charge in [-0.25, -0.2) is 0 Å². The third-order valence-corrected chi connectivity index (χ3v) is 2.34. The lowest BCUT2D eigenvalue weighted by molar-refractivity contribution is -0.117. The lowest BCUT2D eigenvalue weighted by Crippen LogP contribution is -2.06. The highest BCUT2D eigenvalue weighted by molar-refractivity contribution is 5.80. The summed E-state index contributed by atoms with van der Waals surface area (Å²) in [5.74, 6) is 0.369. The summed E-state index contributed by atoms with van der Waals surface area (Å²) in [7, 11) is 0. The van der Waals surface area contributed by atoms with Gasteiger partial charge in [-0.1, -0.05) is 0 Å². The third kappa shape index (κ3) is 1.26. The van der Waals surface area contributed by atoms with Gasteiger partial charge in [-0.3, -0.25) is 9.48 Å². The van der Waals surface area contributed by atoms with Crippen LogP contribution in [0.4, 0.5) is 0 Å². The van der Waals surface area contributed by atoms with Crippen LogP contribution in [0.3, 0.4) is 0 Å². The molecule has 3 heteroatoms. The summed E-state index contributed by atoms with van der Waals surface area (Å²) in [4.78, 5) is 11.0. The molecule has 0 radical (unpaired) electrons. The van der Waals surface area contributed by atoms with E-state index >= 15 is 0 Å². The molecular formula is C9H12N2O. The third-order valence-electron chi connectivity index (χ3n) is 2.34. The van der Waals surface area contributed by atoms with E-state index in [1.807, 2.05) is 23.9 Å². The fourth-order valence-electron chi connectivity index (χ4n) is 1.66. The predicted octanol–water partition coefficient (Wildman–Crippen LogP) is 1.49. The van der Waals surface area contributed by atoms with Crippen molar-refractivity contribution >= 4 is 5.78 Å². The van der Waals surface area contributed by atoms with Gasteiger partial charge in [0.25, 0.3) is 0 Å². The van der Waals surface area contributed by atoms with Crippen molar-refractivity contribution in [3.8, 4) is 0 Å². The van der Waals surface area contributed by atoms with E-state index in [1.165, 1.54) is 0 Å². The van der Waals surface area contributed by atoms with Gasteiger partial charge in [0.15, 0.2) is 0 Å². The average Bonchev–Trinajstić information content (AvgIpc) is 2.58. The first-order valence-corrected chi connectivity index (χ1v) is 4.29. The van der Waals surface area contributed by atoms with Gasteiger partial charge < -0.3 is 0 Å². The number of ketones is 1. The molecule has 0 saturated heterocycles. The second-order valence-electron chi connectivity index (χ2n) is 3.37. The molecule has 1 aliphatic carbocycles. The molecule has 1 aliphatic rings. The van der Waals surface area contributed by atoms with Crippen LogP contribution < -0.4 is 0 Å². The SMILES string of the molecule is Cc1ccn(C2CCC(=O)C2)n1. The molecule has 0 N–H and O–H groups in total. The molecule has 0 aliphatic heterocycles. The predicted molar refractivity (Wildman–Crippen MR) is 44.9 cm³/mol. The van der Waals surface area contributed by atoms with Gasteiger partial charge in [0.2, 0.25) is 0 Å². The van der Waals surface area contributed by atoms with Crippen LogP contribution in [0.25, 0.3) is 0 Å². The molecule has 64 valence electrons. The summed E-state index contributed by atoms with van der Waals surface area (Å²) in [5, 5.41) is 4.29. The molecule has 1 aromatic rings. The molecule has 0 aromatic carbocycles. The molecule has 2 rings (SSSR count). The molecule has 0 spiro atoms. The van der Waals surface area contributed by atoms with Gasteiger partial charge in [0.05, 0.1) is 11.7 Å². The van der Waals surface area contributed by atoms with Crippen LogP contribution in [0.2, 0.25) is 0 Å². The second-order valence-corrected chi connectivity index (χ2v) is 3.37. The molecule has 12 heavy (non-hydrogen) atoms. The molecule has 1 fully saturated rings. The molecular weight excluding hydrogens is 152 g/mol. The largest absolute Gasteiger partial charge is 0.300 e. The Bertz CT molecular complexity index is 303. The lowest BCUT2D eigenvalue weighted by Gasteiger charge is -2.07. The Morgan fingerprint density at radius 2 is 2.50 bits per heavy atom. The van der Waals surface area contributed by atoms with Crippen LogP contribution in [-0.2, 0) is 4.79 Å². The van der Waals surface area contributed by atoms with E-state index in [9.17, 15) is 4.79 Å². The first-order valence-electron chi connectivity index (χ1n) is 4.29. The van der Waals surface area contributed by atoms with Gasteiger partial charge in [-0.15, -0.1) is 0 Å². The van der Waals surface area contributed by atoms with Gasteiger partial charge in [-0.2, -0.15) is 5.10 Å². The number of nitrogens with zero attached hydrogens (tertiary/aromatic N) is 2. The van der Waals surface area contributed by atoms with Crippen LogP contribution in [0.15, 0.2) is 12.3 Å². The smallest absolute Gasteiger partial charge is 0.135 e. The first kappa shape index (κ1) is 7.53. The first-order chi connectivity index (χ1) is 5.75. The van der Waals surface area contributed by atoms with Crippen molar-refractivity contribution in [2.75, 3.05) is 0 Å². The number of Topliss-reactive ketones (excluding diaryl/α,β-unsaturated/α-hetero) is 1. The Morgan fingerprint density at radius 1 is 1.67 bits per heavy atom. The number of carbonyl (C=O) groups is 1. The zero-order valence-corrected chi connectivity index (χ0v) is 7.16. The number of rotatable bonds is 1. The number of aryl methyl sites for hydroxylation is 1. The van der Waals surface area contributed by atoms with Crippen LogP contribution in [0.5, 0.6) is 0 Å². The monoisotopic (exact) mass is 164 g/mol. The van der Waals surface area contributed by atoms with Crippen molar-refractivity contribution < 1.29 is 4.79 Å². The van der Waals surface area contributed by atoms with E-state index in [0.717, 1.165) is 18.5 Å². The standard InChI is InChI=1S/C9H12N2O/c1-7-4-5-11(10-7)8-2-3-9(12)6-8/h4-5,8H,2-3,6H2,1H3. The van der Waals surface area contributed by atoms with Gasteiger partial charge >= 0.3 is 0 Å². The molecule has 0 amide bonds. The highest BCUT2D eigenvalue weighted by Gasteiger charge is 2.23. The average molecular weight is 164 g/mol. The Hall–Kier alpha value is -1.12. The molecule has 1 atom stereocenters. The van der Waals surface area contributed by atoms with Crippen molar-refractivity contribution in [1.82, 2.24) is 9.78 Å². The van der Waals surface area contributed by atoms with E-state index in [2.05, 4.69) is 5.10 Å². The molecule has 1 unspecified atom stereocenters. The second kappa shape index (κ2) is 2.73. The summed E-state index contributed by atoms with van der Waals surface area (Å²) in [6, 6.07) is 2.30. The number of hydrogen-bond acceptors (Lipinski definition) is 2. The van der Waals surface area contributed by atoms with E-state index in [1.54, 1.807) is 0 Å². The summed E-state index contributed by atoms with van der Waals surface area (Å²) in [6.07, 6.45) is 4.31. The topological polar surface area (TPSA) is 34.9 Å². The van der Waals surface area contributed by atoms with E-state index in [4.69, 9.17) is 0 Å². The van der Waals surface area contributed by atoms with Crippen LogP contribution in [-0.4, -0.2) is 15.6 Å². The van der Waals surface area contributed by atoms with Crippen LogP contribution >= 0.6 is 0 Å². The summed E-state index contributed by atoms with van der Waals surface area (Å²) < 4.78 is 1.92. The summed E-state index contributed by atoms with van der Waals surface area (Å²) in [5.41, 5.74) is 1.02. The Balaban J connectivity index is 2.15. The minimum absolute atomic E-state index is 0.325. The Morgan fingerprint density at radius 3 is 3.00 bits per heavy atom. The number of carbonyl (C=O) groups excluding carboxylic acids is 1. The Kier molecular flexibility index (Phi) is 1.71. The summed E-state index contributed by atoms with van der Waals surface area (Å²) in [6.45, 7) is 1.97. The Labute approximate surface area is 71.4 Å². The van der Waals surface area contributed by atoms with Gasteiger partial charge in [0.1, 0.15) is 5.78 Å². The maximum absolute atomic E-state index is 11.0. The van der Waals surface area contributed by atoms with Crippen molar-refractivity contribution in [1.29, 1.82) is 0 Å². The van der Waals surface area contributed by atoms with E-state index in [0.29, 0.717) is 18.2 Å². The van der Waals surface area contributed by atoms with E-state index in [-0.39, 0.29) is 0 Å². The fraction of sp³-hybridized carbons (Fsp3) is 0.556. The van der Waals surface area contributed by atoms with Crippen LogP contribution in [0.1, 0.15) is 31.0 Å². The van der Waals surface area contributed by atoms with Crippen molar-refractivity contribution in [3.05, 3.63) is 18.0 Å². The lowest BCUT2D eigenvalue weighted by atomic mass is 10.3. The van der Waals surface area contributed by atoms with Gasteiger partial charge in [0, 0.05) is 19.0 Å². The zero-order chi connectivity index (χ0) is 8.55. The molecule has 3 nitrogen and oxygen atoms in total. The number of hydrogen-bond donors (Lipinski definition) is 0. The fourth-order valence-corrected chi connectivity index (χ4v) is 1.66. The molecule has 1 aromatic heterocycles. The maximum atomic E-state index is 11.0. The van der Waals surface area contributed by atoms with Crippen molar-refractivity contribution in [3.63, 3.8) is 0 Å². The quantitative estimate of drug-likeness (QED) is 0.630. The van der Waals surface area contributed by atoms with Crippen LogP contribution in [0, 0.1) is 6.92 Å². The maximum Gasteiger partial charge on any atom is 0.135 e. The zero-order valence-electron chi connectivity index (χ0n) is 7.16. The molecule has 0 bridgehead atoms. The normalized spacial score (nSPS) is 23.4. The van der Waals surface area contributed by atoms with E-state index < -0.39 is 0 Å². The van der Waals surface area contributed by atoms with Crippen molar-refractivity contribution in [2.24, 2.45) is 0 Å². The minimum Gasteiger partial charge on any atom is -0.300 e. The van der Waals surface area contributed by atoms with Crippen molar-refractivity contribution in [2.45, 2.75) is 32.2 Å². The highest BCUT2D eigenvalue weighted by Crippen LogP contribution is 2.25. The summed E-state index contributed by atoms with van der Waals surface area (Å²) >= 11 is 0. The minimum atomic E-state index is 0.325.